The monoisotopic (exact) mass is 359 g/mol. The summed E-state index contributed by atoms with van der Waals surface area (Å²) in [6.07, 6.45) is 0.522. The summed E-state index contributed by atoms with van der Waals surface area (Å²) in [6, 6.07) is 5.72. The summed E-state index contributed by atoms with van der Waals surface area (Å²) < 4.78 is 0. The first-order chi connectivity index (χ1) is 12.3. The molecule has 1 fully saturated rings. The lowest BCUT2D eigenvalue weighted by Crippen LogP contribution is -2.46. The van der Waals surface area contributed by atoms with Crippen molar-refractivity contribution in [3.8, 4) is 0 Å². The second kappa shape index (κ2) is 9.83. The van der Waals surface area contributed by atoms with E-state index in [2.05, 4.69) is 29.1 Å². The number of hydrogen-bond donors (Lipinski definition) is 1. The van der Waals surface area contributed by atoms with E-state index in [1.807, 2.05) is 32.0 Å². The van der Waals surface area contributed by atoms with E-state index in [1.165, 1.54) is 5.56 Å². The molecule has 1 unspecified atom stereocenters. The van der Waals surface area contributed by atoms with Gasteiger partial charge in [-0.1, -0.05) is 19.1 Å². The molecule has 1 amide bonds. The van der Waals surface area contributed by atoms with Gasteiger partial charge in [-0.2, -0.15) is 0 Å². The SMILES string of the molecule is Cc1ccc(C(=O)CCC(=O)NCC(C)CN2CCN(C)CC2)cc1C. The highest BCUT2D eigenvalue weighted by Gasteiger charge is 2.17. The van der Waals surface area contributed by atoms with E-state index >= 15 is 0 Å². The Bertz CT molecular complexity index is 622. The van der Waals surface area contributed by atoms with Gasteiger partial charge in [-0.05, 0) is 44.0 Å². The molecular formula is C21H33N3O2. The molecule has 144 valence electrons. The summed E-state index contributed by atoms with van der Waals surface area (Å²) in [7, 11) is 2.15. The molecule has 0 saturated carbocycles. The summed E-state index contributed by atoms with van der Waals surface area (Å²) in [6.45, 7) is 12.3. The molecule has 0 aromatic heterocycles. The maximum absolute atomic E-state index is 12.2. The van der Waals surface area contributed by atoms with Crippen LogP contribution in [-0.2, 0) is 4.79 Å². The van der Waals surface area contributed by atoms with Crippen LogP contribution in [0.4, 0.5) is 0 Å². The molecule has 1 aromatic carbocycles. The lowest BCUT2D eigenvalue weighted by molar-refractivity contribution is -0.121. The number of nitrogens with zero attached hydrogens (tertiary/aromatic N) is 2. The van der Waals surface area contributed by atoms with Crippen molar-refractivity contribution in [2.45, 2.75) is 33.6 Å². The third-order valence-electron chi connectivity index (χ3n) is 5.22. The van der Waals surface area contributed by atoms with Gasteiger partial charge in [0, 0.05) is 57.7 Å². The van der Waals surface area contributed by atoms with Crippen molar-refractivity contribution < 1.29 is 9.59 Å². The van der Waals surface area contributed by atoms with Crippen LogP contribution >= 0.6 is 0 Å². The molecule has 26 heavy (non-hydrogen) atoms. The third kappa shape index (κ3) is 6.54. The molecule has 0 bridgehead atoms. The fourth-order valence-corrected chi connectivity index (χ4v) is 3.20. The predicted octanol–water partition coefficient (Wildman–Crippen LogP) is 2.27. The Kier molecular flexibility index (Phi) is 7.79. The van der Waals surface area contributed by atoms with Crippen LogP contribution in [0.3, 0.4) is 0 Å². The Morgan fingerprint density at radius 1 is 1.08 bits per heavy atom. The number of hydrogen-bond acceptors (Lipinski definition) is 4. The van der Waals surface area contributed by atoms with Gasteiger partial charge in [-0.15, -0.1) is 0 Å². The number of ketones is 1. The molecule has 1 saturated heterocycles. The van der Waals surface area contributed by atoms with Crippen LogP contribution in [0, 0.1) is 19.8 Å². The topological polar surface area (TPSA) is 52.7 Å². The molecule has 5 heteroatoms. The number of Topliss-reactive ketones (excluding diaryl/α,β-unsaturated/α-hetero) is 1. The van der Waals surface area contributed by atoms with Gasteiger partial charge in [-0.3, -0.25) is 9.59 Å². The number of nitrogens with one attached hydrogen (secondary N) is 1. The molecule has 1 aromatic rings. The van der Waals surface area contributed by atoms with Crippen molar-refractivity contribution in [3.05, 3.63) is 34.9 Å². The number of aryl methyl sites for hydroxylation is 2. The molecule has 0 aliphatic carbocycles. The Morgan fingerprint density at radius 2 is 1.77 bits per heavy atom. The van der Waals surface area contributed by atoms with E-state index in [1.54, 1.807) is 0 Å². The van der Waals surface area contributed by atoms with Crippen LogP contribution in [0.2, 0.25) is 0 Å². The van der Waals surface area contributed by atoms with Crippen molar-refractivity contribution in [3.63, 3.8) is 0 Å². The maximum atomic E-state index is 12.2. The summed E-state index contributed by atoms with van der Waals surface area (Å²) >= 11 is 0. The quantitative estimate of drug-likeness (QED) is 0.724. The van der Waals surface area contributed by atoms with E-state index < -0.39 is 0 Å². The van der Waals surface area contributed by atoms with Crippen molar-refractivity contribution in [2.24, 2.45) is 5.92 Å². The molecular weight excluding hydrogens is 326 g/mol. The molecule has 1 aliphatic rings. The zero-order chi connectivity index (χ0) is 19.1. The number of rotatable bonds is 8. The van der Waals surface area contributed by atoms with Gasteiger partial charge in [0.1, 0.15) is 0 Å². The van der Waals surface area contributed by atoms with Gasteiger partial charge in [-0.25, -0.2) is 0 Å². The third-order valence-corrected chi connectivity index (χ3v) is 5.22. The fourth-order valence-electron chi connectivity index (χ4n) is 3.20. The lowest BCUT2D eigenvalue weighted by atomic mass is 10.0. The average Bonchev–Trinajstić information content (AvgIpc) is 2.62. The molecule has 1 aliphatic heterocycles. The smallest absolute Gasteiger partial charge is 0.220 e. The maximum Gasteiger partial charge on any atom is 0.220 e. The summed E-state index contributed by atoms with van der Waals surface area (Å²) in [5, 5.41) is 2.98. The minimum Gasteiger partial charge on any atom is -0.356 e. The first-order valence-electron chi connectivity index (χ1n) is 9.63. The highest BCUT2D eigenvalue weighted by Crippen LogP contribution is 2.12. The largest absolute Gasteiger partial charge is 0.356 e. The molecule has 0 radical (unpaired) electrons. The average molecular weight is 360 g/mol. The van der Waals surface area contributed by atoms with Gasteiger partial charge in [0.2, 0.25) is 5.91 Å². The second-order valence-electron chi connectivity index (χ2n) is 7.74. The van der Waals surface area contributed by atoms with Crippen LogP contribution in [-0.4, -0.2) is 67.8 Å². The van der Waals surface area contributed by atoms with E-state index in [4.69, 9.17) is 0 Å². The predicted molar refractivity (Wildman–Crippen MR) is 106 cm³/mol. The minimum atomic E-state index is -0.0348. The number of piperazine rings is 1. The first kappa shape index (κ1) is 20.6. The zero-order valence-electron chi connectivity index (χ0n) is 16.7. The number of benzene rings is 1. The molecule has 2 rings (SSSR count). The molecule has 0 spiro atoms. The van der Waals surface area contributed by atoms with Crippen molar-refractivity contribution in [1.82, 2.24) is 15.1 Å². The highest BCUT2D eigenvalue weighted by atomic mass is 16.2. The summed E-state index contributed by atoms with van der Waals surface area (Å²) in [5.41, 5.74) is 2.98. The fraction of sp³-hybridized carbons (Fsp3) is 0.619. The standard InChI is InChI=1S/C21H33N3O2/c1-16(15-24-11-9-23(4)10-12-24)14-22-21(26)8-7-20(25)19-6-5-17(2)18(3)13-19/h5-6,13,16H,7-12,14-15H2,1-4H3,(H,22,26). The lowest BCUT2D eigenvalue weighted by Gasteiger charge is -2.33. The Labute approximate surface area is 157 Å². The Hall–Kier alpha value is -1.72. The van der Waals surface area contributed by atoms with Gasteiger partial charge in [0.05, 0.1) is 0 Å². The van der Waals surface area contributed by atoms with Crippen LogP contribution in [0.5, 0.6) is 0 Å². The van der Waals surface area contributed by atoms with Gasteiger partial charge >= 0.3 is 0 Å². The number of carbonyl (C=O) groups excluding carboxylic acids is 2. The van der Waals surface area contributed by atoms with Gasteiger partial charge in [0.15, 0.2) is 5.78 Å². The van der Waals surface area contributed by atoms with E-state index in [0.29, 0.717) is 18.0 Å². The van der Waals surface area contributed by atoms with E-state index in [9.17, 15) is 9.59 Å². The first-order valence-corrected chi connectivity index (χ1v) is 9.63. The van der Waals surface area contributed by atoms with Crippen LogP contribution in [0.1, 0.15) is 41.3 Å². The van der Waals surface area contributed by atoms with Gasteiger partial charge in [0.25, 0.3) is 0 Å². The Balaban J connectivity index is 1.66. The van der Waals surface area contributed by atoms with Crippen LogP contribution in [0.25, 0.3) is 0 Å². The number of amides is 1. The molecule has 5 nitrogen and oxygen atoms in total. The normalized spacial score (nSPS) is 17.1. The van der Waals surface area contributed by atoms with Crippen LogP contribution < -0.4 is 5.32 Å². The minimum absolute atomic E-state index is 0.0348. The van der Waals surface area contributed by atoms with E-state index in [0.717, 1.165) is 38.3 Å². The number of carbonyl (C=O) groups is 2. The van der Waals surface area contributed by atoms with Crippen LogP contribution in [0.15, 0.2) is 18.2 Å². The molecule has 1 heterocycles. The summed E-state index contributed by atoms with van der Waals surface area (Å²) in [5.74, 6) is 0.416. The van der Waals surface area contributed by atoms with Crippen molar-refractivity contribution >= 4 is 11.7 Å². The molecule has 1 N–H and O–H groups in total. The highest BCUT2D eigenvalue weighted by molar-refractivity contribution is 5.98. The molecule has 1 atom stereocenters. The second-order valence-corrected chi connectivity index (χ2v) is 7.74. The Morgan fingerprint density at radius 3 is 2.42 bits per heavy atom. The van der Waals surface area contributed by atoms with Crippen molar-refractivity contribution in [2.75, 3.05) is 46.3 Å². The summed E-state index contributed by atoms with van der Waals surface area (Å²) in [4.78, 5) is 29.1. The van der Waals surface area contributed by atoms with Crippen molar-refractivity contribution in [1.29, 1.82) is 0 Å². The zero-order valence-corrected chi connectivity index (χ0v) is 16.7. The van der Waals surface area contributed by atoms with E-state index in [-0.39, 0.29) is 24.5 Å². The number of likely N-dealkylation sites (N-methyl/N-ethyl adjacent to an activating group) is 1. The van der Waals surface area contributed by atoms with Gasteiger partial charge < -0.3 is 15.1 Å².